The summed E-state index contributed by atoms with van der Waals surface area (Å²) in [7, 11) is 0. The Kier molecular flexibility index (Phi) is 5.03. The molecule has 3 aromatic carbocycles. The van der Waals surface area contributed by atoms with Crippen molar-refractivity contribution in [1.82, 2.24) is 4.90 Å². The van der Waals surface area contributed by atoms with Gasteiger partial charge >= 0.3 is 0 Å². The Labute approximate surface area is 159 Å². The maximum atomic E-state index is 13.0. The largest absolute Gasteiger partial charge is 0.391 e. The van der Waals surface area contributed by atoms with Gasteiger partial charge < -0.3 is 10.0 Å². The quantitative estimate of drug-likeness (QED) is 0.711. The second-order valence-corrected chi connectivity index (χ2v) is 7.04. The molecule has 1 heterocycles. The Morgan fingerprint density at radius 1 is 0.815 bits per heavy atom. The van der Waals surface area contributed by atoms with Crippen molar-refractivity contribution in [2.45, 2.75) is 31.5 Å². The number of carbonyl (C=O) groups is 1. The number of carbonyl (C=O) groups excluding carboxylic acids is 1. The van der Waals surface area contributed by atoms with E-state index in [4.69, 9.17) is 0 Å². The van der Waals surface area contributed by atoms with E-state index in [2.05, 4.69) is 12.1 Å². The van der Waals surface area contributed by atoms with Crippen molar-refractivity contribution in [3.05, 3.63) is 107 Å². The zero-order chi connectivity index (χ0) is 18.6. The van der Waals surface area contributed by atoms with Crippen molar-refractivity contribution < 1.29 is 9.90 Å². The van der Waals surface area contributed by atoms with E-state index in [-0.39, 0.29) is 11.9 Å². The van der Waals surface area contributed by atoms with Crippen LogP contribution in [0.5, 0.6) is 0 Å². The third-order valence-corrected chi connectivity index (χ3v) is 5.24. The lowest BCUT2D eigenvalue weighted by atomic mass is 9.95. The van der Waals surface area contributed by atoms with Crippen LogP contribution in [0, 0.1) is 0 Å². The molecule has 0 saturated carbocycles. The van der Waals surface area contributed by atoms with Crippen LogP contribution in [0.15, 0.2) is 84.9 Å². The van der Waals surface area contributed by atoms with Gasteiger partial charge in [0.05, 0.1) is 12.1 Å². The minimum atomic E-state index is -0.610. The molecule has 0 saturated heterocycles. The van der Waals surface area contributed by atoms with E-state index in [1.54, 1.807) is 0 Å². The third-order valence-electron chi connectivity index (χ3n) is 5.24. The van der Waals surface area contributed by atoms with E-state index in [0.717, 1.165) is 17.5 Å². The summed E-state index contributed by atoms with van der Waals surface area (Å²) < 4.78 is 0. The molecule has 0 fully saturated rings. The highest BCUT2D eigenvalue weighted by atomic mass is 16.3. The summed E-state index contributed by atoms with van der Waals surface area (Å²) in [4.78, 5) is 14.8. The number of hydrogen-bond donors (Lipinski definition) is 1. The Bertz CT molecular complexity index is 908. The lowest BCUT2D eigenvalue weighted by molar-refractivity contribution is 0.0376. The standard InChI is InChI=1S/C24H23NO2/c26-22(16-15-18-9-3-1-4-10-18)23-20-13-7-8-14-21(20)24(27)25(23)17-19-11-5-2-6-12-19/h1-14,22-23,26H,15-17H2/t22-,23-/m1/s1. The van der Waals surface area contributed by atoms with E-state index >= 15 is 0 Å². The molecule has 0 aromatic heterocycles. The van der Waals surface area contributed by atoms with Gasteiger partial charge in [-0.2, -0.15) is 0 Å². The number of benzene rings is 3. The maximum Gasteiger partial charge on any atom is 0.255 e. The van der Waals surface area contributed by atoms with Gasteiger partial charge in [0.2, 0.25) is 0 Å². The second-order valence-electron chi connectivity index (χ2n) is 7.04. The van der Waals surface area contributed by atoms with Crippen molar-refractivity contribution in [2.24, 2.45) is 0 Å². The van der Waals surface area contributed by atoms with Crippen LogP contribution in [-0.2, 0) is 13.0 Å². The highest BCUT2D eigenvalue weighted by molar-refractivity contribution is 5.99. The van der Waals surface area contributed by atoms with E-state index in [9.17, 15) is 9.90 Å². The average Bonchev–Trinajstić information content (AvgIpc) is 3.00. The third kappa shape index (κ3) is 3.64. The van der Waals surface area contributed by atoms with Gasteiger partial charge in [0.1, 0.15) is 0 Å². The molecule has 0 unspecified atom stereocenters. The number of aliphatic hydroxyl groups is 1. The molecular formula is C24H23NO2. The van der Waals surface area contributed by atoms with Gasteiger partial charge in [-0.3, -0.25) is 4.79 Å². The molecule has 3 nitrogen and oxygen atoms in total. The van der Waals surface area contributed by atoms with Gasteiger partial charge in [-0.25, -0.2) is 0 Å². The molecular weight excluding hydrogens is 334 g/mol. The van der Waals surface area contributed by atoms with Crippen LogP contribution in [0.3, 0.4) is 0 Å². The fourth-order valence-electron chi connectivity index (χ4n) is 3.88. The van der Waals surface area contributed by atoms with Gasteiger partial charge in [0.15, 0.2) is 0 Å². The molecule has 4 rings (SSSR count). The molecule has 1 N–H and O–H groups in total. The van der Waals surface area contributed by atoms with E-state index < -0.39 is 6.10 Å². The Balaban J connectivity index is 1.58. The first kappa shape index (κ1) is 17.5. The molecule has 27 heavy (non-hydrogen) atoms. The number of hydrogen-bond acceptors (Lipinski definition) is 2. The summed E-state index contributed by atoms with van der Waals surface area (Å²) in [6.45, 7) is 0.501. The van der Waals surface area contributed by atoms with Crippen LogP contribution in [0.2, 0.25) is 0 Å². The van der Waals surface area contributed by atoms with Crippen LogP contribution in [0.4, 0.5) is 0 Å². The number of rotatable bonds is 6. The second kappa shape index (κ2) is 7.77. The molecule has 1 aliphatic heterocycles. The molecule has 0 spiro atoms. The monoisotopic (exact) mass is 357 g/mol. The van der Waals surface area contributed by atoms with E-state index in [1.165, 1.54) is 5.56 Å². The first-order chi connectivity index (χ1) is 13.2. The summed E-state index contributed by atoms with van der Waals surface area (Å²) in [6, 6.07) is 27.5. The number of aryl methyl sites for hydroxylation is 1. The maximum absolute atomic E-state index is 13.0. The van der Waals surface area contributed by atoms with Gasteiger partial charge in [-0.15, -0.1) is 0 Å². The first-order valence-corrected chi connectivity index (χ1v) is 9.40. The van der Waals surface area contributed by atoms with E-state index in [0.29, 0.717) is 18.5 Å². The van der Waals surface area contributed by atoms with Crippen molar-refractivity contribution in [1.29, 1.82) is 0 Å². The Morgan fingerprint density at radius 2 is 1.41 bits per heavy atom. The molecule has 3 heteroatoms. The van der Waals surface area contributed by atoms with Crippen molar-refractivity contribution >= 4 is 5.91 Å². The number of aliphatic hydroxyl groups excluding tert-OH is 1. The predicted octanol–water partition coefficient (Wildman–Crippen LogP) is 4.38. The Morgan fingerprint density at radius 3 is 2.11 bits per heavy atom. The molecule has 0 bridgehead atoms. The first-order valence-electron chi connectivity index (χ1n) is 9.40. The molecule has 1 aliphatic rings. The van der Waals surface area contributed by atoms with Gasteiger partial charge in [0, 0.05) is 12.1 Å². The van der Waals surface area contributed by atoms with Gasteiger partial charge in [0.25, 0.3) is 5.91 Å². The predicted molar refractivity (Wildman–Crippen MR) is 106 cm³/mol. The fourth-order valence-corrected chi connectivity index (χ4v) is 3.88. The van der Waals surface area contributed by atoms with Crippen LogP contribution < -0.4 is 0 Å². The summed E-state index contributed by atoms with van der Waals surface area (Å²) in [5, 5.41) is 11.0. The van der Waals surface area contributed by atoms with Gasteiger partial charge in [-0.1, -0.05) is 78.9 Å². The number of nitrogens with zero attached hydrogens (tertiary/aromatic N) is 1. The molecule has 3 aromatic rings. The molecule has 136 valence electrons. The van der Waals surface area contributed by atoms with Crippen molar-refractivity contribution in [2.75, 3.05) is 0 Å². The summed E-state index contributed by atoms with van der Waals surface area (Å²) in [5.41, 5.74) is 3.90. The topological polar surface area (TPSA) is 40.5 Å². The minimum absolute atomic E-state index is 0.00165. The summed E-state index contributed by atoms with van der Waals surface area (Å²) in [5.74, 6) is -0.00165. The van der Waals surface area contributed by atoms with Crippen molar-refractivity contribution in [3.8, 4) is 0 Å². The molecule has 1 amide bonds. The molecule has 2 atom stereocenters. The average molecular weight is 357 g/mol. The SMILES string of the molecule is O=C1c2ccccc2[C@H]([C@H](O)CCc2ccccc2)N1Cc1ccccc1. The normalized spacial score (nSPS) is 17.0. The number of fused-ring (bicyclic) bond motifs is 1. The molecule has 0 aliphatic carbocycles. The Hall–Kier alpha value is -2.91. The lowest BCUT2D eigenvalue weighted by Crippen LogP contribution is -2.34. The van der Waals surface area contributed by atoms with Gasteiger partial charge in [-0.05, 0) is 35.6 Å². The van der Waals surface area contributed by atoms with Crippen molar-refractivity contribution in [3.63, 3.8) is 0 Å². The fraction of sp³-hybridized carbons (Fsp3) is 0.208. The molecule has 0 radical (unpaired) electrons. The highest BCUT2D eigenvalue weighted by Gasteiger charge is 2.40. The van der Waals surface area contributed by atoms with E-state index in [1.807, 2.05) is 77.7 Å². The highest BCUT2D eigenvalue weighted by Crippen LogP contribution is 2.38. The number of amides is 1. The smallest absolute Gasteiger partial charge is 0.255 e. The zero-order valence-corrected chi connectivity index (χ0v) is 15.2. The zero-order valence-electron chi connectivity index (χ0n) is 15.2. The van der Waals surface area contributed by atoms with Crippen LogP contribution in [-0.4, -0.2) is 22.0 Å². The van der Waals surface area contributed by atoms with Crippen LogP contribution in [0.25, 0.3) is 0 Å². The van der Waals surface area contributed by atoms with Crippen LogP contribution in [0.1, 0.15) is 39.5 Å². The lowest BCUT2D eigenvalue weighted by Gasteiger charge is -2.29. The minimum Gasteiger partial charge on any atom is -0.391 e. The summed E-state index contributed by atoms with van der Waals surface area (Å²) in [6.07, 6.45) is 0.789. The van der Waals surface area contributed by atoms with Crippen LogP contribution >= 0.6 is 0 Å². The summed E-state index contributed by atoms with van der Waals surface area (Å²) >= 11 is 0.